The third-order valence-electron chi connectivity index (χ3n) is 7.04. The zero-order chi connectivity index (χ0) is 24.2. The van der Waals surface area contributed by atoms with Gasteiger partial charge in [-0.15, -0.1) is 0 Å². The van der Waals surface area contributed by atoms with E-state index in [-0.39, 0.29) is 43.1 Å². The quantitative estimate of drug-likeness (QED) is 0.576. The van der Waals surface area contributed by atoms with Crippen molar-refractivity contribution in [2.75, 3.05) is 26.4 Å². The number of carbonyl (C=O) groups is 2. The second-order valence-electron chi connectivity index (χ2n) is 10.2. The van der Waals surface area contributed by atoms with E-state index in [1.807, 2.05) is 6.08 Å². The van der Waals surface area contributed by atoms with Crippen LogP contribution in [0.15, 0.2) is 57.7 Å². The first-order chi connectivity index (χ1) is 15.6. The number of carbonyl (C=O) groups excluding carboxylic acids is 2. The minimum Gasteiger partial charge on any atom is -0.369 e. The van der Waals surface area contributed by atoms with Gasteiger partial charge in [0.2, 0.25) is 0 Å². The van der Waals surface area contributed by atoms with Crippen molar-refractivity contribution in [3.63, 3.8) is 0 Å². The molecule has 3 N–H and O–H groups in total. The number of nitrogens with two attached hydrogens (primary N) is 1. The summed E-state index contributed by atoms with van der Waals surface area (Å²) in [6.07, 6.45) is 11.1. The van der Waals surface area contributed by atoms with E-state index in [4.69, 9.17) is 10.5 Å². The van der Waals surface area contributed by atoms with Crippen molar-refractivity contribution >= 4 is 11.7 Å². The largest absolute Gasteiger partial charge is 0.369 e. The van der Waals surface area contributed by atoms with E-state index in [0.717, 1.165) is 29.6 Å². The standard InChI is InChI=1S/C15H16FNO3.C12H21N.CH4/c16-5-9-1-11(3-10-4-13(18)8-20-7-10)14-12(2-9)6-17-15(14)19;1-5-12(3,4)11(13)10-7-6-9(2)8-10;/h2,4,9H,1,3,5-8H2,(H,17,19);6-7,11H,5,8,13H2,1-4H3;1H4/t;11-;/m.0./s1. The molecular formula is C28H41FN2O3. The second-order valence-corrected chi connectivity index (χ2v) is 10.2. The molecule has 6 heteroatoms. The fourth-order valence-corrected chi connectivity index (χ4v) is 4.64. The first-order valence-electron chi connectivity index (χ1n) is 11.8. The molecule has 1 saturated heterocycles. The first kappa shape index (κ1) is 27.9. The lowest BCUT2D eigenvalue weighted by atomic mass is 9.78. The number of hydrogen-bond acceptors (Lipinski definition) is 4. The molecule has 2 heterocycles. The van der Waals surface area contributed by atoms with Gasteiger partial charge >= 0.3 is 0 Å². The van der Waals surface area contributed by atoms with Crippen LogP contribution in [0, 0.1) is 11.3 Å². The number of amides is 1. The lowest BCUT2D eigenvalue weighted by molar-refractivity contribution is -0.119. The number of nitrogens with one attached hydrogen (secondary N) is 1. The van der Waals surface area contributed by atoms with Gasteiger partial charge in [0.25, 0.3) is 5.91 Å². The zero-order valence-electron chi connectivity index (χ0n) is 20.3. The molecule has 0 saturated carbocycles. The Bertz CT molecular complexity index is 953. The Morgan fingerprint density at radius 1 is 1.26 bits per heavy atom. The molecule has 2 atom stereocenters. The van der Waals surface area contributed by atoms with Crippen molar-refractivity contribution in [1.29, 1.82) is 0 Å². The van der Waals surface area contributed by atoms with E-state index in [1.165, 1.54) is 11.1 Å². The van der Waals surface area contributed by atoms with Gasteiger partial charge < -0.3 is 15.8 Å². The van der Waals surface area contributed by atoms with Gasteiger partial charge in [0.15, 0.2) is 5.78 Å². The molecule has 2 aliphatic heterocycles. The van der Waals surface area contributed by atoms with Crippen LogP contribution in [-0.4, -0.2) is 44.2 Å². The van der Waals surface area contributed by atoms with Crippen molar-refractivity contribution < 1.29 is 18.7 Å². The predicted octanol–water partition coefficient (Wildman–Crippen LogP) is 4.91. The molecule has 0 aromatic carbocycles. The third kappa shape index (κ3) is 6.63. The number of fused-ring (bicyclic) bond motifs is 1. The van der Waals surface area contributed by atoms with Gasteiger partial charge in [0.05, 0.1) is 13.3 Å². The van der Waals surface area contributed by atoms with Crippen LogP contribution in [0.25, 0.3) is 0 Å². The zero-order valence-corrected chi connectivity index (χ0v) is 20.3. The molecule has 4 rings (SSSR count). The van der Waals surface area contributed by atoms with Gasteiger partial charge in [-0.2, -0.15) is 0 Å². The SMILES string of the molecule is C.CCC(C)(C)[C@@H](N)C1=CC=C(C)C1.O=C1C=C(CC2=C3C(=O)NCC3=CC(CF)C2)COC1. The Hall–Kier alpha value is -2.31. The first-order valence-corrected chi connectivity index (χ1v) is 11.8. The number of allylic oxidation sites excluding steroid dienone is 5. The molecule has 34 heavy (non-hydrogen) atoms. The highest BCUT2D eigenvalue weighted by Gasteiger charge is 2.31. The Kier molecular flexibility index (Phi) is 9.77. The number of hydrogen-bond donors (Lipinski definition) is 2. The van der Waals surface area contributed by atoms with Crippen molar-refractivity contribution in [3.8, 4) is 0 Å². The van der Waals surface area contributed by atoms with Crippen molar-refractivity contribution in [1.82, 2.24) is 5.32 Å². The monoisotopic (exact) mass is 472 g/mol. The molecule has 0 spiro atoms. The summed E-state index contributed by atoms with van der Waals surface area (Å²) in [5.41, 5.74) is 12.6. The summed E-state index contributed by atoms with van der Waals surface area (Å²) in [6.45, 7) is 9.42. The molecule has 1 amide bonds. The van der Waals surface area contributed by atoms with Crippen molar-refractivity contribution in [2.45, 2.75) is 66.8 Å². The topological polar surface area (TPSA) is 81.4 Å². The highest BCUT2D eigenvalue weighted by atomic mass is 19.1. The highest BCUT2D eigenvalue weighted by Crippen LogP contribution is 2.36. The fourth-order valence-electron chi connectivity index (χ4n) is 4.64. The van der Waals surface area contributed by atoms with E-state index in [9.17, 15) is 14.0 Å². The molecule has 2 aliphatic carbocycles. The van der Waals surface area contributed by atoms with Gasteiger partial charge in [-0.25, -0.2) is 0 Å². The van der Waals surface area contributed by atoms with E-state index >= 15 is 0 Å². The van der Waals surface area contributed by atoms with Crippen LogP contribution >= 0.6 is 0 Å². The van der Waals surface area contributed by atoms with Crippen LogP contribution in [0.2, 0.25) is 0 Å². The lowest BCUT2D eigenvalue weighted by Crippen LogP contribution is -2.38. The predicted molar refractivity (Wildman–Crippen MR) is 136 cm³/mol. The van der Waals surface area contributed by atoms with Crippen LogP contribution in [0.4, 0.5) is 4.39 Å². The van der Waals surface area contributed by atoms with Crippen molar-refractivity contribution in [2.24, 2.45) is 17.1 Å². The Morgan fingerprint density at radius 2 is 2.00 bits per heavy atom. The Morgan fingerprint density at radius 3 is 2.59 bits per heavy atom. The molecule has 4 aliphatic rings. The molecule has 1 fully saturated rings. The highest BCUT2D eigenvalue weighted by molar-refractivity contribution is 6.02. The number of ether oxygens (including phenoxy) is 1. The van der Waals surface area contributed by atoms with E-state index < -0.39 is 6.67 Å². The van der Waals surface area contributed by atoms with Crippen LogP contribution in [-0.2, 0) is 14.3 Å². The summed E-state index contributed by atoms with van der Waals surface area (Å²) in [7, 11) is 0. The average Bonchev–Trinajstić information content (AvgIpc) is 3.39. The maximum Gasteiger partial charge on any atom is 0.251 e. The average molecular weight is 473 g/mol. The van der Waals surface area contributed by atoms with E-state index in [1.54, 1.807) is 6.08 Å². The lowest BCUT2D eigenvalue weighted by Gasteiger charge is -2.31. The summed E-state index contributed by atoms with van der Waals surface area (Å²) in [5.74, 6) is -0.314. The summed E-state index contributed by atoms with van der Waals surface area (Å²) < 4.78 is 18.2. The van der Waals surface area contributed by atoms with Gasteiger partial charge in [-0.3, -0.25) is 14.0 Å². The fraction of sp³-hybridized carbons (Fsp3) is 0.571. The summed E-state index contributed by atoms with van der Waals surface area (Å²) in [4.78, 5) is 23.3. The van der Waals surface area contributed by atoms with Crippen LogP contribution in [0.5, 0.6) is 0 Å². The maximum atomic E-state index is 13.0. The molecule has 0 aromatic rings. The maximum absolute atomic E-state index is 13.0. The summed E-state index contributed by atoms with van der Waals surface area (Å²) >= 11 is 0. The number of ketones is 1. The van der Waals surface area contributed by atoms with Gasteiger partial charge in [-0.1, -0.05) is 57.6 Å². The van der Waals surface area contributed by atoms with Gasteiger partial charge in [-0.05, 0) is 60.8 Å². The summed E-state index contributed by atoms with van der Waals surface area (Å²) in [6, 6.07) is 0.214. The van der Waals surface area contributed by atoms with Crippen LogP contribution in [0.3, 0.4) is 0 Å². The summed E-state index contributed by atoms with van der Waals surface area (Å²) in [5, 5.41) is 2.78. The number of halogens is 1. The minimum atomic E-state index is -0.428. The minimum absolute atomic E-state index is 0. The van der Waals surface area contributed by atoms with Crippen LogP contribution in [0.1, 0.15) is 60.8 Å². The van der Waals surface area contributed by atoms with Crippen molar-refractivity contribution in [3.05, 3.63) is 57.7 Å². The third-order valence-corrected chi connectivity index (χ3v) is 7.04. The smallest absolute Gasteiger partial charge is 0.251 e. The normalized spacial score (nSPS) is 22.9. The molecule has 1 unspecified atom stereocenters. The van der Waals surface area contributed by atoms with E-state index in [0.29, 0.717) is 31.6 Å². The van der Waals surface area contributed by atoms with Gasteiger partial charge in [0, 0.05) is 24.1 Å². The second kappa shape index (κ2) is 11.9. The number of rotatable bonds is 6. The molecule has 188 valence electrons. The molecular weight excluding hydrogens is 431 g/mol. The Labute approximate surface area is 204 Å². The van der Waals surface area contributed by atoms with Crippen LogP contribution < -0.4 is 11.1 Å². The number of alkyl halides is 1. The molecule has 0 bridgehead atoms. The van der Waals surface area contributed by atoms with E-state index in [2.05, 4.69) is 45.2 Å². The molecule has 5 nitrogen and oxygen atoms in total. The van der Waals surface area contributed by atoms with Gasteiger partial charge in [0.1, 0.15) is 6.61 Å². The molecule has 0 aromatic heterocycles. The molecule has 0 radical (unpaired) electrons. The Balaban J connectivity index is 0.000000256.